The smallest absolute Gasteiger partial charge is 0.338 e. The van der Waals surface area contributed by atoms with Gasteiger partial charge in [0.1, 0.15) is 13.2 Å². The van der Waals surface area contributed by atoms with E-state index in [0.717, 1.165) is 74.7 Å². The molecule has 8 atom stereocenters. The van der Waals surface area contributed by atoms with E-state index >= 15 is 0 Å². The third kappa shape index (κ3) is 5.76. The molecule has 1 heterocycles. The SMILES string of the molecule is CC(=O)c1ccccc1C(=O)OC[C@]1(C)c2nccnc2C[C@@]2(C)[C@H]1CC[C@]1(C)[C@@H]2CC=C2[C@@H]3CC(C)(C)CC[C@]3(C(=O)OCc3ccccc3)CC[C@]21C. The third-order valence-corrected chi connectivity index (χ3v) is 16.2. The molecule has 3 saturated carbocycles. The molecule has 7 nitrogen and oxygen atoms in total. The normalized spacial score (nSPS) is 35.7. The summed E-state index contributed by atoms with van der Waals surface area (Å²) in [7, 11) is 0. The predicted octanol–water partition coefficient (Wildman–Crippen LogP) is 10.1. The number of carbonyl (C=O) groups is 3. The minimum Gasteiger partial charge on any atom is -0.461 e. The molecule has 5 aliphatic carbocycles. The van der Waals surface area contributed by atoms with Crippen molar-refractivity contribution in [2.75, 3.05) is 6.61 Å². The van der Waals surface area contributed by atoms with Crippen LogP contribution in [0.5, 0.6) is 0 Å². The van der Waals surface area contributed by atoms with Crippen LogP contribution in [0.1, 0.15) is 138 Å². The summed E-state index contributed by atoms with van der Waals surface area (Å²) in [5, 5.41) is 0. The standard InChI is InChI=1S/C48H58N2O5/c1-31(51)33-15-11-12-16-34(33)41(52)55-30-45(5)38-19-20-47(7)39(44(38,4)28-37-40(45)50-26-25-49-37)18-17-35-36-27-43(2,3)21-23-48(36,24-22-46(35,47)6)42(53)54-29-32-13-9-8-10-14-32/h8-17,25-26,36,38-39H,18-24,27-30H2,1-7H3/t36-,38+,39+,44-,45-,46+,47+,48-/m0/s1. The summed E-state index contributed by atoms with van der Waals surface area (Å²) in [6, 6.07) is 17.0. The average molecular weight is 743 g/mol. The van der Waals surface area contributed by atoms with Gasteiger partial charge in [-0.05, 0) is 116 Å². The molecule has 8 rings (SSSR count). The summed E-state index contributed by atoms with van der Waals surface area (Å²) in [6.45, 7) is 16.5. The number of hydrogen-bond donors (Lipinski definition) is 0. The maximum Gasteiger partial charge on any atom is 0.338 e. The number of rotatable bonds is 7. The van der Waals surface area contributed by atoms with Crippen LogP contribution in [0.15, 0.2) is 78.6 Å². The molecule has 0 spiro atoms. The average Bonchev–Trinajstić information content (AvgIpc) is 3.16. The Morgan fingerprint density at radius 1 is 0.782 bits per heavy atom. The molecule has 55 heavy (non-hydrogen) atoms. The van der Waals surface area contributed by atoms with Gasteiger partial charge in [-0.15, -0.1) is 0 Å². The maximum atomic E-state index is 14.4. The first-order valence-corrected chi connectivity index (χ1v) is 20.6. The molecular formula is C48H58N2O5. The van der Waals surface area contributed by atoms with Crippen molar-refractivity contribution in [1.82, 2.24) is 9.97 Å². The van der Waals surface area contributed by atoms with Crippen molar-refractivity contribution in [2.24, 2.45) is 44.8 Å². The minimum atomic E-state index is -0.568. The maximum absolute atomic E-state index is 14.4. The van der Waals surface area contributed by atoms with Crippen LogP contribution < -0.4 is 0 Å². The summed E-state index contributed by atoms with van der Waals surface area (Å²) in [6.07, 6.45) is 14.6. The van der Waals surface area contributed by atoms with Crippen LogP contribution in [-0.2, 0) is 32.7 Å². The molecule has 3 aromatic rings. The van der Waals surface area contributed by atoms with Gasteiger partial charge in [0.25, 0.3) is 0 Å². The van der Waals surface area contributed by atoms with Gasteiger partial charge in [-0.2, -0.15) is 0 Å². The number of Topliss-reactive ketones (excluding diaryl/α,β-unsaturated/α-hetero) is 1. The number of hydrogen-bond acceptors (Lipinski definition) is 7. The second-order valence-corrected chi connectivity index (χ2v) is 19.6. The van der Waals surface area contributed by atoms with Crippen LogP contribution in [0.2, 0.25) is 0 Å². The van der Waals surface area contributed by atoms with E-state index in [0.29, 0.717) is 23.7 Å². The second-order valence-electron chi connectivity index (χ2n) is 19.6. The number of ketones is 1. The van der Waals surface area contributed by atoms with Gasteiger partial charge in [-0.1, -0.05) is 102 Å². The summed E-state index contributed by atoms with van der Waals surface area (Å²) in [4.78, 5) is 50.4. The number of nitrogens with zero attached hydrogens (tertiary/aromatic N) is 2. The molecule has 0 N–H and O–H groups in total. The lowest BCUT2D eigenvalue weighted by Gasteiger charge is -2.70. The fourth-order valence-corrected chi connectivity index (χ4v) is 13.1. The number of allylic oxidation sites excluding steroid dienone is 2. The van der Waals surface area contributed by atoms with Crippen LogP contribution in [0, 0.1) is 44.8 Å². The molecule has 0 unspecified atom stereocenters. The molecular weight excluding hydrogens is 685 g/mol. The molecule has 0 radical (unpaired) electrons. The lowest BCUT2D eigenvalue weighted by molar-refractivity contribution is -0.184. The summed E-state index contributed by atoms with van der Waals surface area (Å²) in [5.41, 5.74) is 3.96. The predicted molar refractivity (Wildman–Crippen MR) is 212 cm³/mol. The zero-order valence-electron chi connectivity index (χ0n) is 33.9. The van der Waals surface area contributed by atoms with Crippen LogP contribution in [-0.4, -0.2) is 34.3 Å². The molecule has 0 bridgehead atoms. The lowest BCUT2D eigenvalue weighted by atomic mass is 9.33. The highest BCUT2D eigenvalue weighted by Gasteiger charge is 2.70. The molecule has 5 aliphatic rings. The Labute approximate surface area is 327 Å². The first-order chi connectivity index (χ1) is 26.1. The molecule has 2 aromatic carbocycles. The summed E-state index contributed by atoms with van der Waals surface area (Å²) in [5.74, 6) is 0.0482. The highest BCUT2D eigenvalue weighted by Crippen LogP contribution is 2.75. The molecule has 7 heteroatoms. The van der Waals surface area contributed by atoms with Gasteiger partial charge in [-0.25, -0.2) is 4.79 Å². The number of ether oxygens (including phenoxy) is 2. The summed E-state index contributed by atoms with van der Waals surface area (Å²) < 4.78 is 12.5. The monoisotopic (exact) mass is 742 g/mol. The van der Waals surface area contributed by atoms with E-state index in [4.69, 9.17) is 19.4 Å². The van der Waals surface area contributed by atoms with Crippen molar-refractivity contribution in [3.63, 3.8) is 0 Å². The molecule has 3 fully saturated rings. The largest absolute Gasteiger partial charge is 0.461 e. The van der Waals surface area contributed by atoms with Crippen molar-refractivity contribution in [2.45, 2.75) is 118 Å². The fraction of sp³-hybridized carbons (Fsp3) is 0.562. The molecule has 0 amide bonds. The van der Waals surface area contributed by atoms with Crippen LogP contribution in [0.25, 0.3) is 0 Å². The highest BCUT2D eigenvalue weighted by atomic mass is 16.5. The van der Waals surface area contributed by atoms with Gasteiger partial charge in [0, 0.05) is 23.4 Å². The number of aromatic nitrogens is 2. The van der Waals surface area contributed by atoms with Crippen molar-refractivity contribution in [3.8, 4) is 0 Å². The molecule has 0 aliphatic heterocycles. The Morgan fingerprint density at radius 2 is 1.47 bits per heavy atom. The van der Waals surface area contributed by atoms with Crippen LogP contribution in [0.3, 0.4) is 0 Å². The zero-order chi connectivity index (χ0) is 39.0. The first-order valence-electron chi connectivity index (χ1n) is 20.6. The molecule has 1 aromatic heterocycles. The van der Waals surface area contributed by atoms with Gasteiger partial charge in [0.15, 0.2) is 5.78 Å². The lowest BCUT2D eigenvalue weighted by Crippen LogP contribution is -2.65. The molecule has 290 valence electrons. The Morgan fingerprint density at radius 3 is 2.22 bits per heavy atom. The number of fused-ring (bicyclic) bond motifs is 8. The minimum absolute atomic E-state index is 0.0121. The van der Waals surface area contributed by atoms with Gasteiger partial charge >= 0.3 is 11.9 Å². The number of esters is 2. The highest BCUT2D eigenvalue weighted by molar-refractivity contribution is 6.05. The van der Waals surface area contributed by atoms with E-state index in [1.807, 2.05) is 30.3 Å². The molecule has 0 saturated heterocycles. The second kappa shape index (κ2) is 13.2. The fourth-order valence-electron chi connectivity index (χ4n) is 13.1. The van der Waals surface area contributed by atoms with Gasteiger partial charge in [0.05, 0.1) is 22.4 Å². The van der Waals surface area contributed by atoms with E-state index in [9.17, 15) is 14.4 Å². The van der Waals surface area contributed by atoms with E-state index < -0.39 is 16.8 Å². The van der Waals surface area contributed by atoms with Gasteiger partial charge in [-0.3, -0.25) is 19.6 Å². The first kappa shape index (κ1) is 37.8. The van der Waals surface area contributed by atoms with Crippen molar-refractivity contribution in [1.29, 1.82) is 0 Å². The Kier molecular flexibility index (Phi) is 9.09. The van der Waals surface area contributed by atoms with Crippen molar-refractivity contribution >= 4 is 17.7 Å². The van der Waals surface area contributed by atoms with E-state index in [1.165, 1.54) is 12.5 Å². The van der Waals surface area contributed by atoms with Crippen LogP contribution >= 0.6 is 0 Å². The summed E-state index contributed by atoms with van der Waals surface area (Å²) >= 11 is 0. The number of benzene rings is 2. The number of carbonyl (C=O) groups excluding carboxylic acids is 3. The zero-order valence-corrected chi connectivity index (χ0v) is 33.9. The van der Waals surface area contributed by atoms with Crippen molar-refractivity contribution < 1.29 is 23.9 Å². The van der Waals surface area contributed by atoms with Gasteiger partial charge < -0.3 is 9.47 Å². The Balaban J connectivity index is 1.14. The van der Waals surface area contributed by atoms with Crippen LogP contribution in [0.4, 0.5) is 0 Å². The Bertz CT molecular complexity index is 2060. The topological polar surface area (TPSA) is 95.5 Å². The van der Waals surface area contributed by atoms with E-state index in [2.05, 4.69) is 47.6 Å². The quantitative estimate of drug-likeness (QED) is 0.135. The van der Waals surface area contributed by atoms with Crippen molar-refractivity contribution in [3.05, 3.63) is 107 Å². The Hall–Kier alpha value is -4.13. The van der Waals surface area contributed by atoms with E-state index in [1.54, 1.807) is 36.7 Å². The van der Waals surface area contributed by atoms with Gasteiger partial charge in [0.2, 0.25) is 0 Å². The van der Waals surface area contributed by atoms with E-state index in [-0.39, 0.29) is 51.9 Å². The third-order valence-electron chi connectivity index (χ3n) is 16.2.